The predicted octanol–water partition coefficient (Wildman–Crippen LogP) is 1.08. The summed E-state index contributed by atoms with van der Waals surface area (Å²) in [6.07, 6.45) is 0.657. The fraction of sp³-hybridized carbons (Fsp3) is 0.800. The van der Waals surface area contributed by atoms with Crippen LogP contribution in [-0.2, 0) is 4.79 Å². The number of aliphatic carboxylic acids is 1. The van der Waals surface area contributed by atoms with Crippen molar-refractivity contribution >= 4 is 5.97 Å². The number of carbonyl (C=O) groups is 1. The molecule has 0 aromatic heterocycles. The third-order valence-electron chi connectivity index (χ3n) is 2.68. The van der Waals surface area contributed by atoms with Crippen molar-refractivity contribution in [1.29, 1.82) is 5.26 Å². The molecule has 0 saturated carbocycles. The fourth-order valence-electron chi connectivity index (χ4n) is 1.99. The van der Waals surface area contributed by atoms with Crippen molar-refractivity contribution in [2.24, 2.45) is 5.92 Å². The summed E-state index contributed by atoms with van der Waals surface area (Å²) in [5.74, 6) is -1.25. The van der Waals surface area contributed by atoms with Gasteiger partial charge < -0.3 is 5.11 Å². The Morgan fingerprint density at radius 1 is 1.57 bits per heavy atom. The van der Waals surface area contributed by atoms with E-state index in [1.807, 2.05) is 25.7 Å². The van der Waals surface area contributed by atoms with Gasteiger partial charge in [-0.3, -0.25) is 9.69 Å². The number of hydrogen-bond acceptors (Lipinski definition) is 3. The van der Waals surface area contributed by atoms with E-state index in [0.29, 0.717) is 13.0 Å². The minimum atomic E-state index is -0.885. The number of nitrogens with zero attached hydrogens (tertiary/aromatic N) is 2. The van der Waals surface area contributed by atoms with Crippen molar-refractivity contribution in [3.05, 3.63) is 0 Å². The first kappa shape index (κ1) is 11.0. The molecule has 4 heteroatoms. The molecule has 0 aromatic carbocycles. The summed E-state index contributed by atoms with van der Waals surface area (Å²) in [5.41, 5.74) is -0.186. The lowest BCUT2D eigenvalue weighted by atomic mass is 9.99. The number of carboxylic acid groups (broad SMARTS) is 1. The summed E-state index contributed by atoms with van der Waals surface area (Å²) < 4.78 is 0. The molecular weight excluding hydrogens is 180 g/mol. The Balaban J connectivity index is 2.91. The Hall–Kier alpha value is -1.08. The highest BCUT2D eigenvalue weighted by Gasteiger charge is 2.44. The Kier molecular flexibility index (Phi) is 2.81. The maximum absolute atomic E-state index is 11.0. The molecular formula is C10H16N2O2. The molecule has 1 rings (SSSR count). The lowest BCUT2D eigenvalue weighted by Gasteiger charge is -2.35. The Morgan fingerprint density at radius 2 is 2.14 bits per heavy atom. The highest BCUT2D eigenvalue weighted by Crippen LogP contribution is 2.30. The quantitative estimate of drug-likeness (QED) is 0.681. The normalized spacial score (nSPS) is 28.7. The first-order valence-corrected chi connectivity index (χ1v) is 4.77. The van der Waals surface area contributed by atoms with E-state index in [9.17, 15) is 4.79 Å². The third kappa shape index (κ3) is 1.88. The van der Waals surface area contributed by atoms with Crippen LogP contribution < -0.4 is 0 Å². The first-order chi connectivity index (χ1) is 6.38. The number of hydrogen-bond donors (Lipinski definition) is 1. The monoisotopic (exact) mass is 196 g/mol. The zero-order valence-corrected chi connectivity index (χ0v) is 8.82. The van der Waals surface area contributed by atoms with E-state index in [2.05, 4.69) is 6.07 Å². The van der Waals surface area contributed by atoms with Crippen LogP contribution in [0.15, 0.2) is 0 Å². The number of likely N-dealkylation sites (tertiary alicyclic amines) is 1. The molecule has 1 heterocycles. The van der Waals surface area contributed by atoms with E-state index in [-0.39, 0.29) is 11.5 Å². The second kappa shape index (κ2) is 3.58. The minimum absolute atomic E-state index is 0.186. The average Bonchev–Trinajstić information content (AvgIpc) is 2.45. The van der Waals surface area contributed by atoms with Gasteiger partial charge in [0.1, 0.15) is 6.04 Å². The lowest BCUT2D eigenvalue weighted by Crippen LogP contribution is -2.49. The Bertz CT molecular complexity index is 275. The van der Waals surface area contributed by atoms with Gasteiger partial charge in [0.2, 0.25) is 0 Å². The molecule has 1 fully saturated rings. The van der Waals surface area contributed by atoms with Crippen molar-refractivity contribution in [2.75, 3.05) is 6.54 Å². The lowest BCUT2D eigenvalue weighted by molar-refractivity contribution is -0.144. The molecule has 0 aliphatic carbocycles. The molecule has 1 aliphatic rings. The summed E-state index contributed by atoms with van der Waals surface area (Å²) in [6.45, 7) is 6.62. The van der Waals surface area contributed by atoms with Crippen LogP contribution in [0.1, 0.15) is 27.2 Å². The van der Waals surface area contributed by atoms with Gasteiger partial charge in [0.15, 0.2) is 0 Å². The van der Waals surface area contributed by atoms with E-state index >= 15 is 0 Å². The van der Waals surface area contributed by atoms with Gasteiger partial charge in [0.05, 0.1) is 12.0 Å². The van der Waals surface area contributed by atoms with Crippen molar-refractivity contribution in [1.82, 2.24) is 4.90 Å². The highest BCUT2D eigenvalue weighted by molar-refractivity contribution is 5.75. The molecule has 0 aromatic rings. The van der Waals surface area contributed by atoms with Gasteiger partial charge in [0, 0.05) is 12.1 Å². The van der Waals surface area contributed by atoms with E-state index < -0.39 is 12.0 Å². The minimum Gasteiger partial charge on any atom is -0.480 e. The van der Waals surface area contributed by atoms with Crippen LogP contribution in [-0.4, -0.2) is 34.1 Å². The molecule has 1 N–H and O–H groups in total. The maximum Gasteiger partial charge on any atom is 0.322 e. The number of carboxylic acids is 1. The van der Waals surface area contributed by atoms with Crippen LogP contribution in [0.2, 0.25) is 0 Å². The summed E-state index contributed by atoms with van der Waals surface area (Å²) in [5, 5.41) is 17.9. The topological polar surface area (TPSA) is 64.3 Å². The maximum atomic E-state index is 11.0. The van der Waals surface area contributed by atoms with Crippen molar-refractivity contribution in [3.8, 4) is 6.07 Å². The Morgan fingerprint density at radius 3 is 2.50 bits per heavy atom. The zero-order valence-electron chi connectivity index (χ0n) is 8.82. The standard InChI is InChI=1S/C10H16N2O2/c1-10(2,3)12-5-4-7(6-11)8(12)9(13)14/h7-8H,4-5H2,1-3H3,(H,13,14)/t7-,8?/m0/s1. The molecule has 0 amide bonds. The van der Waals surface area contributed by atoms with Gasteiger partial charge in [0.25, 0.3) is 0 Å². The largest absolute Gasteiger partial charge is 0.480 e. The SMILES string of the molecule is CC(C)(C)N1CC[C@@H](C#N)C1C(=O)O. The van der Waals surface area contributed by atoms with Gasteiger partial charge in [-0.2, -0.15) is 5.26 Å². The molecule has 1 saturated heterocycles. The van der Waals surface area contributed by atoms with Crippen LogP contribution in [0.3, 0.4) is 0 Å². The van der Waals surface area contributed by atoms with E-state index in [1.165, 1.54) is 0 Å². The third-order valence-corrected chi connectivity index (χ3v) is 2.68. The van der Waals surface area contributed by atoms with E-state index in [0.717, 1.165) is 0 Å². The summed E-state index contributed by atoms with van der Waals surface area (Å²) in [4.78, 5) is 12.9. The van der Waals surface area contributed by atoms with Crippen molar-refractivity contribution in [2.45, 2.75) is 38.8 Å². The number of rotatable bonds is 1. The van der Waals surface area contributed by atoms with Crippen LogP contribution >= 0.6 is 0 Å². The van der Waals surface area contributed by atoms with Crippen LogP contribution in [0.25, 0.3) is 0 Å². The Labute approximate surface area is 84.1 Å². The summed E-state index contributed by atoms with van der Waals surface area (Å²) >= 11 is 0. The van der Waals surface area contributed by atoms with Crippen LogP contribution in [0, 0.1) is 17.2 Å². The highest BCUT2D eigenvalue weighted by atomic mass is 16.4. The van der Waals surface area contributed by atoms with Gasteiger partial charge in [-0.25, -0.2) is 0 Å². The number of nitriles is 1. The van der Waals surface area contributed by atoms with Crippen LogP contribution in [0.4, 0.5) is 0 Å². The van der Waals surface area contributed by atoms with Gasteiger partial charge >= 0.3 is 5.97 Å². The van der Waals surface area contributed by atoms with Gasteiger partial charge in [-0.15, -0.1) is 0 Å². The predicted molar refractivity (Wildman–Crippen MR) is 51.6 cm³/mol. The molecule has 2 atom stereocenters. The molecule has 1 aliphatic heterocycles. The molecule has 0 bridgehead atoms. The first-order valence-electron chi connectivity index (χ1n) is 4.77. The second-order valence-electron chi connectivity index (χ2n) is 4.67. The van der Waals surface area contributed by atoms with E-state index in [1.54, 1.807) is 0 Å². The van der Waals surface area contributed by atoms with Crippen LogP contribution in [0.5, 0.6) is 0 Å². The molecule has 0 spiro atoms. The van der Waals surface area contributed by atoms with Gasteiger partial charge in [-0.05, 0) is 27.2 Å². The van der Waals surface area contributed by atoms with E-state index in [4.69, 9.17) is 10.4 Å². The average molecular weight is 196 g/mol. The molecule has 14 heavy (non-hydrogen) atoms. The molecule has 1 unspecified atom stereocenters. The van der Waals surface area contributed by atoms with Crippen molar-refractivity contribution in [3.63, 3.8) is 0 Å². The summed E-state index contributed by atoms with van der Waals surface area (Å²) in [7, 11) is 0. The van der Waals surface area contributed by atoms with Crippen molar-refractivity contribution < 1.29 is 9.90 Å². The second-order valence-corrected chi connectivity index (χ2v) is 4.67. The van der Waals surface area contributed by atoms with Gasteiger partial charge in [-0.1, -0.05) is 0 Å². The molecule has 4 nitrogen and oxygen atoms in total. The fourth-order valence-corrected chi connectivity index (χ4v) is 1.99. The molecule has 0 radical (unpaired) electrons. The smallest absolute Gasteiger partial charge is 0.322 e. The zero-order chi connectivity index (χ0) is 10.9. The molecule has 78 valence electrons. The summed E-state index contributed by atoms with van der Waals surface area (Å²) in [6, 6.07) is 1.44.